The van der Waals surface area contributed by atoms with Gasteiger partial charge < -0.3 is 29.9 Å². The van der Waals surface area contributed by atoms with E-state index in [1.54, 1.807) is 59.7 Å². The lowest BCUT2D eigenvalue weighted by Crippen LogP contribution is -2.47. The van der Waals surface area contributed by atoms with Crippen LogP contribution in [0.25, 0.3) is 16.9 Å². The fourth-order valence-electron chi connectivity index (χ4n) is 4.82. The number of ether oxygens (including phenoxy) is 2. The summed E-state index contributed by atoms with van der Waals surface area (Å²) in [4.78, 5) is 37.6. The van der Waals surface area contributed by atoms with Crippen LogP contribution in [0, 0.1) is 6.92 Å². The fraction of sp³-hybridized carbons (Fsp3) is 0.333. The Kier molecular flexibility index (Phi) is 9.42. The van der Waals surface area contributed by atoms with Crippen molar-refractivity contribution in [3.63, 3.8) is 0 Å². The molecule has 5 rings (SSSR count). The zero-order chi connectivity index (χ0) is 30.3. The second-order valence-corrected chi connectivity index (χ2v) is 10.1. The number of anilines is 2. The number of hydrogen-bond donors (Lipinski definition) is 2. The third kappa shape index (κ3) is 7.24. The van der Waals surface area contributed by atoms with E-state index in [1.165, 1.54) is 12.1 Å². The zero-order valence-electron chi connectivity index (χ0n) is 23.9. The molecule has 4 aromatic rings. The summed E-state index contributed by atoms with van der Waals surface area (Å²) in [6, 6.07) is 11.7. The highest BCUT2D eigenvalue weighted by Gasteiger charge is 2.18. The summed E-state index contributed by atoms with van der Waals surface area (Å²) in [6.45, 7) is 2.51. The van der Waals surface area contributed by atoms with Crippen molar-refractivity contribution < 1.29 is 27.8 Å². The van der Waals surface area contributed by atoms with E-state index in [0.29, 0.717) is 36.7 Å². The Morgan fingerprint density at radius 2 is 1.88 bits per heavy atom. The number of aromatic nitrogens is 3. The minimum Gasteiger partial charge on any atom is -0.435 e. The van der Waals surface area contributed by atoms with Crippen molar-refractivity contribution in [1.29, 1.82) is 0 Å². The second-order valence-electron chi connectivity index (χ2n) is 10.1. The second kappa shape index (κ2) is 13.6. The predicted octanol–water partition coefficient (Wildman–Crippen LogP) is 3.57. The van der Waals surface area contributed by atoms with Crippen LogP contribution in [0.15, 0.2) is 61.1 Å². The van der Waals surface area contributed by atoms with Gasteiger partial charge in [-0.2, -0.15) is 8.78 Å². The van der Waals surface area contributed by atoms with Crippen LogP contribution in [0.1, 0.15) is 15.9 Å². The number of nitrogens with one attached hydrogen (secondary N) is 2. The van der Waals surface area contributed by atoms with Crippen molar-refractivity contribution in [3.8, 4) is 17.0 Å². The van der Waals surface area contributed by atoms with Crippen LogP contribution in [-0.2, 0) is 9.53 Å². The van der Waals surface area contributed by atoms with E-state index >= 15 is 0 Å². The standard InChI is InChI=1S/C30H33F2N7O4/c1-20-17-22(5-8-24(20)29(41)37(2)15-16-42-19-26(40)38-12-9-33-10-13-38)36-27-28-35-18-25(39(28)14-11-34-27)21-3-6-23(7-4-21)43-30(31)32/h3-8,11,14,17-18,30,33H,9-10,12-13,15-16,19H2,1-2H3,(H,34,36). The molecule has 0 atom stereocenters. The quantitative estimate of drug-likeness (QED) is 0.254. The molecular weight excluding hydrogens is 560 g/mol. The minimum atomic E-state index is -2.89. The van der Waals surface area contributed by atoms with E-state index in [0.717, 1.165) is 35.6 Å². The number of rotatable bonds is 11. The number of benzene rings is 2. The molecule has 0 radical (unpaired) electrons. The van der Waals surface area contributed by atoms with Gasteiger partial charge in [0.2, 0.25) is 5.91 Å². The van der Waals surface area contributed by atoms with Crippen LogP contribution in [0.2, 0.25) is 0 Å². The Morgan fingerprint density at radius 3 is 2.60 bits per heavy atom. The van der Waals surface area contributed by atoms with Gasteiger partial charge in [-0.05, 0) is 55.0 Å². The Labute approximate surface area is 247 Å². The average Bonchev–Trinajstić information content (AvgIpc) is 3.45. The molecule has 0 aliphatic carbocycles. The number of amides is 2. The van der Waals surface area contributed by atoms with E-state index in [9.17, 15) is 18.4 Å². The highest BCUT2D eigenvalue weighted by atomic mass is 19.3. The van der Waals surface area contributed by atoms with Gasteiger partial charge in [-0.15, -0.1) is 0 Å². The first-order valence-corrected chi connectivity index (χ1v) is 13.9. The molecule has 1 aliphatic rings. The first kappa shape index (κ1) is 29.9. The molecule has 1 saturated heterocycles. The monoisotopic (exact) mass is 593 g/mol. The van der Waals surface area contributed by atoms with E-state index < -0.39 is 6.61 Å². The normalized spacial score (nSPS) is 13.4. The maximum absolute atomic E-state index is 13.1. The van der Waals surface area contributed by atoms with Gasteiger partial charge in [0.1, 0.15) is 12.4 Å². The van der Waals surface area contributed by atoms with Crippen LogP contribution >= 0.6 is 0 Å². The van der Waals surface area contributed by atoms with Crippen LogP contribution in [0.4, 0.5) is 20.3 Å². The van der Waals surface area contributed by atoms with Crippen molar-refractivity contribution in [1.82, 2.24) is 29.5 Å². The number of imidazole rings is 1. The van der Waals surface area contributed by atoms with E-state index in [2.05, 4.69) is 25.3 Å². The first-order valence-electron chi connectivity index (χ1n) is 13.9. The summed E-state index contributed by atoms with van der Waals surface area (Å²) in [7, 11) is 1.70. The summed E-state index contributed by atoms with van der Waals surface area (Å²) < 4.78 is 36.8. The fourth-order valence-corrected chi connectivity index (χ4v) is 4.82. The number of alkyl halides is 2. The molecule has 2 aromatic heterocycles. The van der Waals surface area contributed by atoms with Crippen molar-refractivity contribution in [2.24, 2.45) is 0 Å². The third-order valence-electron chi connectivity index (χ3n) is 7.14. The molecule has 1 aliphatic heterocycles. The maximum Gasteiger partial charge on any atom is 0.387 e. The number of piperazine rings is 1. The SMILES string of the molecule is Cc1cc(Nc2nccn3c(-c4ccc(OC(F)F)cc4)cnc23)ccc1C(=O)N(C)CCOCC(=O)N1CCNCC1. The van der Waals surface area contributed by atoms with Gasteiger partial charge in [0.25, 0.3) is 5.91 Å². The van der Waals surface area contributed by atoms with Gasteiger partial charge in [0, 0.05) is 69.0 Å². The number of hydrogen-bond acceptors (Lipinski definition) is 8. The lowest BCUT2D eigenvalue weighted by molar-refractivity contribution is -0.136. The number of carbonyl (C=O) groups is 2. The van der Waals surface area contributed by atoms with E-state index in [1.807, 2.05) is 17.4 Å². The van der Waals surface area contributed by atoms with Crippen molar-refractivity contribution in [3.05, 3.63) is 72.2 Å². The number of nitrogens with zero attached hydrogens (tertiary/aromatic N) is 5. The summed E-state index contributed by atoms with van der Waals surface area (Å²) in [6.07, 6.45) is 5.08. The number of fused-ring (bicyclic) bond motifs is 1. The molecule has 0 spiro atoms. The smallest absolute Gasteiger partial charge is 0.387 e. The van der Waals surface area contributed by atoms with Crippen LogP contribution in [0.5, 0.6) is 5.75 Å². The molecule has 13 heteroatoms. The largest absolute Gasteiger partial charge is 0.435 e. The van der Waals surface area contributed by atoms with Gasteiger partial charge >= 0.3 is 6.61 Å². The van der Waals surface area contributed by atoms with E-state index in [-0.39, 0.29) is 30.8 Å². The molecule has 2 aromatic carbocycles. The Morgan fingerprint density at radius 1 is 1.12 bits per heavy atom. The summed E-state index contributed by atoms with van der Waals surface area (Å²) in [5.74, 6) is 0.396. The van der Waals surface area contributed by atoms with E-state index in [4.69, 9.17) is 4.74 Å². The molecule has 43 heavy (non-hydrogen) atoms. The molecule has 0 bridgehead atoms. The lowest BCUT2D eigenvalue weighted by Gasteiger charge is -2.27. The van der Waals surface area contributed by atoms with Crippen molar-refractivity contribution in [2.75, 3.05) is 58.3 Å². The van der Waals surface area contributed by atoms with Crippen LogP contribution in [-0.4, -0.2) is 95.6 Å². The first-order chi connectivity index (χ1) is 20.8. The van der Waals surface area contributed by atoms with Gasteiger partial charge in [0.05, 0.1) is 18.5 Å². The molecule has 0 saturated carbocycles. The number of likely N-dealkylation sites (N-methyl/N-ethyl adjacent to an activating group) is 1. The topological polar surface area (TPSA) is 113 Å². The van der Waals surface area contributed by atoms with Crippen molar-refractivity contribution in [2.45, 2.75) is 13.5 Å². The number of halogens is 2. The molecule has 226 valence electrons. The van der Waals surface area contributed by atoms with Gasteiger partial charge in [-0.25, -0.2) is 9.97 Å². The third-order valence-corrected chi connectivity index (χ3v) is 7.14. The Hall–Kier alpha value is -4.62. The molecule has 2 amide bonds. The molecule has 11 nitrogen and oxygen atoms in total. The maximum atomic E-state index is 13.1. The molecule has 2 N–H and O–H groups in total. The zero-order valence-corrected chi connectivity index (χ0v) is 23.9. The van der Waals surface area contributed by atoms with Gasteiger partial charge in [0.15, 0.2) is 11.5 Å². The molecule has 1 fully saturated rings. The Balaban J connectivity index is 1.20. The molecule has 3 heterocycles. The predicted molar refractivity (Wildman–Crippen MR) is 157 cm³/mol. The van der Waals surface area contributed by atoms with Gasteiger partial charge in [-0.1, -0.05) is 0 Å². The Bertz CT molecular complexity index is 1570. The summed E-state index contributed by atoms with van der Waals surface area (Å²) in [5.41, 5.74) is 4.15. The summed E-state index contributed by atoms with van der Waals surface area (Å²) in [5, 5.41) is 6.48. The van der Waals surface area contributed by atoms with Gasteiger partial charge in [-0.3, -0.25) is 14.0 Å². The summed E-state index contributed by atoms with van der Waals surface area (Å²) >= 11 is 0. The lowest BCUT2D eigenvalue weighted by atomic mass is 10.1. The molecular formula is C30H33F2N7O4. The van der Waals surface area contributed by atoms with Crippen LogP contribution < -0.4 is 15.4 Å². The minimum absolute atomic E-state index is 0.00276. The average molecular weight is 594 g/mol. The highest BCUT2D eigenvalue weighted by molar-refractivity contribution is 5.96. The highest BCUT2D eigenvalue weighted by Crippen LogP contribution is 2.28. The van der Waals surface area contributed by atoms with Crippen LogP contribution in [0.3, 0.4) is 0 Å². The number of carbonyl (C=O) groups excluding carboxylic acids is 2. The number of aryl methyl sites for hydroxylation is 1. The molecule has 0 unspecified atom stereocenters. The van der Waals surface area contributed by atoms with Crippen molar-refractivity contribution >= 4 is 29.0 Å².